The van der Waals surface area contributed by atoms with Crippen LogP contribution in [0.15, 0.2) is 65.6 Å². The molecule has 0 heterocycles. The van der Waals surface area contributed by atoms with Crippen molar-refractivity contribution >= 4 is 56.2 Å². The van der Waals surface area contributed by atoms with Crippen molar-refractivity contribution in [2.24, 2.45) is 0 Å². The average molecular weight is 464 g/mol. The Balaban J connectivity index is 1.78. The van der Waals surface area contributed by atoms with E-state index in [-0.39, 0.29) is 20.6 Å². The highest BCUT2D eigenvalue weighted by molar-refractivity contribution is 7.92. The molecule has 30 heavy (non-hydrogen) atoms. The van der Waals surface area contributed by atoms with E-state index in [9.17, 15) is 13.2 Å². The van der Waals surface area contributed by atoms with Crippen molar-refractivity contribution in [3.8, 4) is 0 Å². The van der Waals surface area contributed by atoms with Gasteiger partial charge in [-0.15, -0.1) is 0 Å². The van der Waals surface area contributed by atoms with E-state index in [1.165, 1.54) is 35.6 Å². The highest BCUT2D eigenvalue weighted by atomic mass is 35.5. The van der Waals surface area contributed by atoms with Gasteiger partial charge in [-0.3, -0.25) is 9.10 Å². The Kier molecular flexibility index (Phi) is 6.26. The van der Waals surface area contributed by atoms with Crippen molar-refractivity contribution in [3.63, 3.8) is 0 Å². The van der Waals surface area contributed by atoms with Crippen LogP contribution in [0.25, 0.3) is 0 Å². The van der Waals surface area contributed by atoms with E-state index in [0.29, 0.717) is 16.9 Å². The summed E-state index contributed by atoms with van der Waals surface area (Å²) in [6.45, 7) is 1.89. The largest absolute Gasteiger partial charge is 0.396 e. The van der Waals surface area contributed by atoms with Gasteiger partial charge in [0.1, 0.15) is 0 Å². The molecule has 9 heteroatoms. The molecule has 0 aliphatic carbocycles. The Labute approximate surface area is 185 Å². The Morgan fingerprint density at radius 2 is 1.50 bits per heavy atom. The Morgan fingerprint density at radius 1 is 0.967 bits per heavy atom. The smallest absolute Gasteiger partial charge is 0.264 e. The highest BCUT2D eigenvalue weighted by Crippen LogP contribution is 2.31. The Bertz CT molecular complexity index is 1170. The number of aryl methyl sites for hydroxylation is 1. The van der Waals surface area contributed by atoms with E-state index in [4.69, 9.17) is 28.9 Å². The van der Waals surface area contributed by atoms with Gasteiger partial charge in [-0.2, -0.15) is 0 Å². The van der Waals surface area contributed by atoms with E-state index in [0.717, 1.165) is 5.56 Å². The van der Waals surface area contributed by atoms with Gasteiger partial charge in [0.05, 0.1) is 26.3 Å². The first-order valence-corrected chi connectivity index (χ1v) is 11.0. The maximum absolute atomic E-state index is 12.8. The molecule has 6 nitrogen and oxygen atoms in total. The van der Waals surface area contributed by atoms with Crippen LogP contribution in [-0.2, 0) is 10.0 Å². The molecule has 0 saturated carbocycles. The number of hydrogen-bond donors (Lipinski definition) is 2. The lowest BCUT2D eigenvalue weighted by molar-refractivity contribution is 0.102. The van der Waals surface area contributed by atoms with Gasteiger partial charge < -0.3 is 11.1 Å². The SMILES string of the molecule is Cc1ccc(S(=O)(=O)N(C)c2ccc(C(=O)Nc3cc(Cl)c(N)c(Cl)c3)cc2)cc1. The Hall–Kier alpha value is -2.74. The fourth-order valence-corrected chi connectivity index (χ4v) is 4.37. The van der Waals surface area contributed by atoms with Crippen LogP contribution in [0.5, 0.6) is 0 Å². The summed E-state index contributed by atoms with van der Waals surface area (Å²) in [6.07, 6.45) is 0. The quantitative estimate of drug-likeness (QED) is 0.522. The summed E-state index contributed by atoms with van der Waals surface area (Å²) in [5.74, 6) is -0.400. The second kappa shape index (κ2) is 8.55. The van der Waals surface area contributed by atoms with Crippen LogP contribution in [0.2, 0.25) is 10.0 Å². The summed E-state index contributed by atoms with van der Waals surface area (Å²) < 4.78 is 26.8. The van der Waals surface area contributed by atoms with Gasteiger partial charge in [-0.25, -0.2) is 8.42 Å². The number of carbonyl (C=O) groups excluding carboxylic acids is 1. The number of nitrogens with one attached hydrogen (secondary N) is 1. The third kappa shape index (κ3) is 4.53. The molecule has 0 atom stereocenters. The molecule has 0 fully saturated rings. The highest BCUT2D eigenvalue weighted by Gasteiger charge is 2.21. The molecule has 156 valence electrons. The monoisotopic (exact) mass is 463 g/mol. The molecular weight excluding hydrogens is 445 g/mol. The van der Waals surface area contributed by atoms with Crippen LogP contribution in [0, 0.1) is 6.92 Å². The number of hydrogen-bond acceptors (Lipinski definition) is 4. The number of anilines is 3. The topological polar surface area (TPSA) is 92.5 Å². The first kappa shape index (κ1) is 22.0. The molecule has 0 bridgehead atoms. The molecule has 0 radical (unpaired) electrons. The maximum atomic E-state index is 12.8. The average Bonchev–Trinajstić information content (AvgIpc) is 2.71. The summed E-state index contributed by atoms with van der Waals surface area (Å²) in [5.41, 5.74) is 8.05. The minimum atomic E-state index is -3.71. The third-order valence-corrected chi connectivity index (χ3v) is 6.93. The first-order valence-electron chi connectivity index (χ1n) is 8.81. The van der Waals surface area contributed by atoms with E-state index < -0.39 is 15.9 Å². The zero-order chi connectivity index (χ0) is 22.1. The van der Waals surface area contributed by atoms with Gasteiger partial charge in [0.2, 0.25) is 0 Å². The van der Waals surface area contributed by atoms with Crippen molar-refractivity contribution < 1.29 is 13.2 Å². The lowest BCUT2D eigenvalue weighted by atomic mass is 10.2. The zero-order valence-electron chi connectivity index (χ0n) is 16.2. The number of halogens is 2. The van der Waals surface area contributed by atoms with E-state index in [1.807, 2.05) is 6.92 Å². The van der Waals surface area contributed by atoms with Crippen molar-refractivity contribution in [2.45, 2.75) is 11.8 Å². The summed E-state index contributed by atoms with van der Waals surface area (Å²) in [4.78, 5) is 12.7. The number of nitrogens with two attached hydrogens (primary N) is 1. The van der Waals surface area contributed by atoms with Crippen LogP contribution in [0.1, 0.15) is 15.9 Å². The van der Waals surface area contributed by atoms with Crippen LogP contribution >= 0.6 is 23.2 Å². The number of amides is 1. The summed E-state index contributed by atoms with van der Waals surface area (Å²) in [6, 6.07) is 15.8. The molecule has 3 rings (SSSR count). The van der Waals surface area contributed by atoms with Crippen LogP contribution in [0.3, 0.4) is 0 Å². The van der Waals surface area contributed by atoms with Crippen molar-refractivity contribution in [1.82, 2.24) is 0 Å². The van der Waals surface area contributed by atoms with Crippen molar-refractivity contribution in [1.29, 1.82) is 0 Å². The standard InChI is InChI=1S/C21H19Cl2N3O3S/c1-13-3-9-17(10-4-13)30(28,29)26(2)16-7-5-14(6-8-16)21(27)25-15-11-18(22)20(24)19(23)12-15/h3-12H,24H2,1-2H3,(H,25,27). The minimum absolute atomic E-state index is 0.189. The van der Waals surface area contributed by atoms with E-state index in [1.54, 1.807) is 36.4 Å². The van der Waals surface area contributed by atoms with Gasteiger partial charge in [0, 0.05) is 18.3 Å². The van der Waals surface area contributed by atoms with Crippen LogP contribution < -0.4 is 15.4 Å². The fourth-order valence-electron chi connectivity index (χ4n) is 2.69. The normalized spacial score (nSPS) is 11.2. The predicted molar refractivity (Wildman–Crippen MR) is 122 cm³/mol. The molecule has 1 amide bonds. The van der Waals surface area contributed by atoms with Crippen molar-refractivity contribution in [2.75, 3.05) is 22.4 Å². The molecule has 0 aliphatic rings. The first-order chi connectivity index (χ1) is 14.1. The lowest BCUT2D eigenvalue weighted by Gasteiger charge is -2.20. The van der Waals surface area contributed by atoms with Crippen molar-refractivity contribution in [3.05, 3.63) is 81.8 Å². The van der Waals surface area contributed by atoms with Gasteiger partial charge in [0.15, 0.2) is 0 Å². The molecular formula is C21H19Cl2N3O3S. The molecule has 0 saturated heterocycles. The molecule has 0 aromatic heterocycles. The fraction of sp³-hybridized carbons (Fsp3) is 0.0952. The third-order valence-electron chi connectivity index (χ3n) is 4.51. The number of carbonyl (C=O) groups is 1. The number of sulfonamides is 1. The number of nitrogen functional groups attached to an aromatic ring is 1. The summed E-state index contributed by atoms with van der Waals surface area (Å²) in [5, 5.41) is 3.15. The molecule has 3 aromatic rings. The number of rotatable bonds is 5. The molecule has 0 aliphatic heterocycles. The van der Waals surface area contributed by atoms with Gasteiger partial charge in [-0.1, -0.05) is 40.9 Å². The maximum Gasteiger partial charge on any atom is 0.264 e. The predicted octanol–water partition coefficient (Wildman–Crippen LogP) is 4.96. The van der Waals surface area contributed by atoms with Gasteiger partial charge >= 0.3 is 0 Å². The van der Waals surface area contributed by atoms with E-state index in [2.05, 4.69) is 5.32 Å². The van der Waals surface area contributed by atoms with Gasteiger partial charge in [0.25, 0.3) is 15.9 Å². The number of benzene rings is 3. The Morgan fingerprint density at radius 3 is 2.03 bits per heavy atom. The molecule has 3 aromatic carbocycles. The van der Waals surface area contributed by atoms with Crippen LogP contribution in [0.4, 0.5) is 17.1 Å². The summed E-state index contributed by atoms with van der Waals surface area (Å²) >= 11 is 12.0. The van der Waals surface area contributed by atoms with Crippen LogP contribution in [-0.4, -0.2) is 21.4 Å². The van der Waals surface area contributed by atoms with E-state index >= 15 is 0 Å². The molecule has 3 N–H and O–H groups in total. The summed E-state index contributed by atoms with van der Waals surface area (Å²) in [7, 11) is -2.25. The number of nitrogens with zero attached hydrogens (tertiary/aromatic N) is 1. The lowest BCUT2D eigenvalue weighted by Crippen LogP contribution is -2.26. The molecule has 0 unspecified atom stereocenters. The minimum Gasteiger partial charge on any atom is -0.396 e. The zero-order valence-corrected chi connectivity index (χ0v) is 18.5. The second-order valence-electron chi connectivity index (χ2n) is 6.64. The second-order valence-corrected chi connectivity index (χ2v) is 9.42. The van der Waals surface area contributed by atoms with Gasteiger partial charge in [-0.05, 0) is 55.5 Å². The molecule has 0 spiro atoms.